The molecule has 0 unspecified atom stereocenters. The fourth-order valence-electron chi connectivity index (χ4n) is 10.5. The van der Waals surface area contributed by atoms with Crippen LogP contribution in [0.15, 0.2) is 128 Å². The van der Waals surface area contributed by atoms with E-state index in [4.69, 9.17) is 4.74 Å². The summed E-state index contributed by atoms with van der Waals surface area (Å²) in [5.74, 6) is -0.215. The minimum atomic E-state index is -6.13. The molecule has 91 heavy (non-hydrogen) atoms. The van der Waals surface area contributed by atoms with Crippen molar-refractivity contribution in [3.63, 3.8) is 0 Å². The van der Waals surface area contributed by atoms with Gasteiger partial charge in [0.2, 0.25) is 0 Å². The number of carbonyl (C=O) groups is 1. The number of esters is 1. The molecular formula is C63H60BF24NO2. The van der Waals surface area contributed by atoms with Crippen molar-refractivity contribution in [1.82, 2.24) is 0 Å². The first-order valence-electron chi connectivity index (χ1n) is 28.6. The van der Waals surface area contributed by atoms with Crippen molar-refractivity contribution in [3.8, 4) is 0 Å². The Hall–Kier alpha value is -6.90. The van der Waals surface area contributed by atoms with E-state index < -0.39 is 195 Å². The van der Waals surface area contributed by atoms with E-state index in [0.717, 1.165) is 19.4 Å². The first-order valence-corrected chi connectivity index (χ1v) is 28.6. The van der Waals surface area contributed by atoms with Gasteiger partial charge in [0.05, 0.1) is 56.7 Å². The molecule has 0 saturated heterocycles. The third-order valence-electron chi connectivity index (χ3n) is 15.0. The number of hydrogen-bond acceptors (Lipinski definition) is 2. The highest BCUT2D eigenvalue weighted by molar-refractivity contribution is 7.20. The summed E-state index contributed by atoms with van der Waals surface area (Å²) in [6, 6.07) is 5.20. The predicted octanol–water partition coefficient (Wildman–Crippen LogP) is 19.7. The van der Waals surface area contributed by atoms with E-state index in [0.29, 0.717) is 12.2 Å². The van der Waals surface area contributed by atoms with E-state index in [-0.39, 0.29) is 5.97 Å². The zero-order valence-corrected chi connectivity index (χ0v) is 48.3. The molecular weight excluding hydrogens is 1270 g/mol. The number of benzene rings is 5. The lowest BCUT2D eigenvalue weighted by Gasteiger charge is -2.46. The Morgan fingerprint density at radius 3 is 0.824 bits per heavy atom. The topological polar surface area (TPSA) is 30.2 Å². The van der Waals surface area contributed by atoms with Gasteiger partial charge in [-0.15, -0.1) is 0 Å². The molecule has 0 atom stereocenters. The molecule has 5 aromatic carbocycles. The van der Waals surface area contributed by atoms with Crippen molar-refractivity contribution in [2.75, 3.05) is 6.61 Å². The van der Waals surface area contributed by atoms with Crippen molar-refractivity contribution in [2.24, 2.45) is 0 Å². The first kappa shape index (κ1) is 74.8. The van der Waals surface area contributed by atoms with Gasteiger partial charge < -0.3 is 4.74 Å². The molecule has 0 spiro atoms. The molecule has 500 valence electrons. The van der Waals surface area contributed by atoms with Gasteiger partial charge in [-0.3, -0.25) is 0 Å². The molecule has 0 aliphatic rings. The van der Waals surface area contributed by atoms with Crippen LogP contribution in [0.1, 0.15) is 170 Å². The SMILES string of the molecule is CCCCCCCCCCCCCCCCCCOC(=O)c1cc[n+](Cc2ccccc2)cc1.FC(F)(F)c1cc([B-](c2cc(C(F)(F)F)cc(C(F)(F)F)c2)(c2cc(C(F)(F)F)cc(C(F)(F)F)c2)c2cc(C(F)(F)F)cc(C(F)(F)F)c2)cc(C(F)(F)F)c1. The standard InChI is InChI=1S/C32H12BF24.C31H48NO2/c34-25(35,36)13-1-14(26(37,38)39)6-21(5-13)33(22-7-15(27(40,41)42)2-16(8-22)28(43,44)45,23-9-17(29(46,47)48)3-18(10-23)30(49,50)51)24-11-19(31(52,53)54)4-20(12-24)32(55,56)57;1-2-3-4-5-6-7-8-9-10-11-12-13-14-15-16-20-27-34-31(33)30-23-25-32(26-24-30)28-29-21-18-17-19-22-29/h1-12H;17-19,21-26H,2-16,20,27-28H2,1H3/q-1;+1. The number of aromatic nitrogens is 1. The van der Waals surface area contributed by atoms with Crippen molar-refractivity contribution in [3.05, 3.63) is 183 Å². The van der Waals surface area contributed by atoms with E-state index in [2.05, 4.69) is 23.6 Å². The zero-order chi connectivity index (χ0) is 68.0. The van der Waals surface area contributed by atoms with Crippen LogP contribution in [0.2, 0.25) is 0 Å². The number of halogens is 24. The summed E-state index contributed by atoms with van der Waals surface area (Å²) in [6.45, 7) is 3.61. The maximum atomic E-state index is 14.2. The second kappa shape index (κ2) is 30.7. The average molecular weight is 1330 g/mol. The first-order chi connectivity index (χ1) is 42.1. The van der Waals surface area contributed by atoms with Gasteiger partial charge in [0, 0.05) is 17.7 Å². The zero-order valence-electron chi connectivity index (χ0n) is 48.3. The molecule has 0 amide bonds. The van der Waals surface area contributed by atoms with Gasteiger partial charge in [-0.2, -0.15) is 127 Å². The highest BCUT2D eigenvalue weighted by Gasteiger charge is 2.47. The third-order valence-corrected chi connectivity index (χ3v) is 15.0. The molecule has 6 aromatic rings. The molecule has 0 fully saturated rings. The molecule has 0 bridgehead atoms. The molecule has 6 rings (SSSR count). The predicted molar refractivity (Wildman–Crippen MR) is 292 cm³/mol. The number of alkyl halides is 24. The maximum absolute atomic E-state index is 14.2. The third kappa shape index (κ3) is 21.9. The Kier molecular flexibility index (Phi) is 25.2. The van der Waals surface area contributed by atoms with Gasteiger partial charge in [0.1, 0.15) is 6.15 Å². The Bertz CT molecular complexity index is 2850. The Morgan fingerprint density at radius 2 is 0.582 bits per heavy atom. The number of carbonyl (C=O) groups excluding carboxylic acids is 1. The number of nitrogens with zero attached hydrogens (tertiary/aromatic N) is 1. The molecule has 0 saturated carbocycles. The van der Waals surface area contributed by atoms with Crippen LogP contribution in [0.3, 0.4) is 0 Å². The van der Waals surface area contributed by atoms with Crippen LogP contribution in [-0.4, -0.2) is 18.7 Å². The van der Waals surface area contributed by atoms with E-state index in [1.165, 1.54) is 95.5 Å². The largest absolute Gasteiger partial charge is 0.462 e. The minimum Gasteiger partial charge on any atom is -0.462 e. The molecule has 1 heterocycles. The molecule has 3 nitrogen and oxygen atoms in total. The maximum Gasteiger partial charge on any atom is 0.416 e. The van der Waals surface area contributed by atoms with Crippen LogP contribution in [-0.2, 0) is 60.7 Å². The van der Waals surface area contributed by atoms with E-state index >= 15 is 0 Å². The summed E-state index contributed by atoms with van der Waals surface area (Å²) in [7, 11) is 0. The highest BCUT2D eigenvalue weighted by Crippen LogP contribution is 2.42. The van der Waals surface area contributed by atoms with Crippen molar-refractivity contribution in [1.29, 1.82) is 0 Å². The van der Waals surface area contributed by atoms with Gasteiger partial charge in [-0.25, -0.2) is 9.36 Å². The smallest absolute Gasteiger partial charge is 0.416 e. The lowest BCUT2D eigenvalue weighted by molar-refractivity contribution is -0.688. The van der Waals surface area contributed by atoms with Gasteiger partial charge in [0.15, 0.2) is 18.9 Å². The summed E-state index contributed by atoms with van der Waals surface area (Å²) in [5.41, 5.74) is -28.3. The van der Waals surface area contributed by atoms with Crippen molar-refractivity contribution >= 4 is 34.0 Å². The van der Waals surface area contributed by atoms with Crippen LogP contribution in [0.4, 0.5) is 105 Å². The Labute approximate surface area is 507 Å². The van der Waals surface area contributed by atoms with E-state index in [1.807, 2.05) is 42.7 Å². The Morgan fingerprint density at radius 1 is 0.341 bits per heavy atom. The summed E-state index contributed by atoms with van der Waals surface area (Å²) >= 11 is 0. The second-order valence-corrected chi connectivity index (χ2v) is 21.9. The van der Waals surface area contributed by atoms with Crippen LogP contribution >= 0.6 is 0 Å². The Balaban J connectivity index is 0.000000377. The fraction of sp³-hybridized carbons (Fsp3) is 0.429. The molecule has 28 heteroatoms. The normalized spacial score (nSPS) is 13.1. The van der Waals surface area contributed by atoms with Crippen LogP contribution in [0.5, 0.6) is 0 Å². The summed E-state index contributed by atoms with van der Waals surface area (Å²) < 4.78 is 348. The number of unbranched alkanes of at least 4 members (excludes halogenated alkanes) is 15. The molecule has 0 radical (unpaired) electrons. The van der Waals surface area contributed by atoms with Crippen molar-refractivity contribution < 1.29 is 119 Å². The lowest BCUT2D eigenvalue weighted by atomic mass is 9.12. The number of ether oxygens (including phenoxy) is 1. The quantitative estimate of drug-likeness (QED) is 0.0199. The summed E-state index contributed by atoms with van der Waals surface area (Å²) in [4.78, 5) is 12.2. The molecule has 1 aromatic heterocycles. The highest BCUT2D eigenvalue weighted by atomic mass is 19.4. The summed E-state index contributed by atoms with van der Waals surface area (Å²) in [6.07, 6.45) is -29.3. The fourth-order valence-corrected chi connectivity index (χ4v) is 10.5. The van der Waals surface area contributed by atoms with Gasteiger partial charge in [-0.05, 0) is 30.7 Å². The number of hydrogen-bond donors (Lipinski definition) is 0. The number of pyridine rings is 1. The molecule has 0 aliphatic carbocycles. The minimum absolute atomic E-state index is 0.215. The van der Waals surface area contributed by atoms with Gasteiger partial charge in [0.25, 0.3) is 0 Å². The van der Waals surface area contributed by atoms with Crippen molar-refractivity contribution in [2.45, 2.75) is 166 Å². The lowest BCUT2D eigenvalue weighted by Crippen LogP contribution is -2.75. The average Bonchev–Trinajstić information content (AvgIpc) is 0.710. The second-order valence-electron chi connectivity index (χ2n) is 21.9. The summed E-state index contributed by atoms with van der Waals surface area (Å²) in [5, 5.41) is 0. The number of rotatable bonds is 24. The van der Waals surface area contributed by atoms with E-state index in [9.17, 15) is 110 Å². The monoisotopic (exact) mass is 1330 g/mol. The van der Waals surface area contributed by atoms with Crippen LogP contribution in [0.25, 0.3) is 0 Å². The molecule has 0 N–H and O–H groups in total. The van der Waals surface area contributed by atoms with Crippen LogP contribution < -0.4 is 26.4 Å². The van der Waals surface area contributed by atoms with Gasteiger partial charge >= 0.3 is 55.4 Å². The van der Waals surface area contributed by atoms with Crippen LogP contribution in [0, 0.1) is 0 Å². The van der Waals surface area contributed by atoms with E-state index in [1.54, 1.807) is 0 Å². The van der Waals surface area contributed by atoms with Gasteiger partial charge in [-0.1, -0.05) is 182 Å². The molecule has 0 aliphatic heterocycles.